The first-order chi connectivity index (χ1) is 13.0. The third-order valence-electron chi connectivity index (χ3n) is 4.51. The minimum absolute atomic E-state index is 0.106. The number of likely N-dealkylation sites (tertiary alicyclic amines) is 1. The van der Waals surface area contributed by atoms with Crippen molar-refractivity contribution in [1.82, 2.24) is 20.4 Å². The lowest BCUT2D eigenvalue weighted by molar-refractivity contribution is -0.117. The molecule has 1 fully saturated rings. The van der Waals surface area contributed by atoms with Crippen LogP contribution in [0.5, 0.6) is 0 Å². The van der Waals surface area contributed by atoms with Gasteiger partial charge in [0, 0.05) is 24.3 Å². The van der Waals surface area contributed by atoms with E-state index in [0.717, 1.165) is 19.4 Å². The fourth-order valence-electron chi connectivity index (χ4n) is 3.28. The van der Waals surface area contributed by atoms with E-state index in [2.05, 4.69) is 25.7 Å². The van der Waals surface area contributed by atoms with Crippen LogP contribution in [0, 0.1) is 6.92 Å². The standard InChI is InChI=1S/C19H25N5O3/c1-3-20-18(26)14-6-4-8-16(10-14)22-17(25)12-24-9-5-7-15(11-24)19-21-13(2)23-27-19/h4,6,8,10,15H,3,5,7,9,11-12H2,1-2H3,(H,20,26)(H,22,25). The second-order valence-electron chi connectivity index (χ2n) is 6.74. The number of benzene rings is 1. The molecule has 2 heterocycles. The number of piperidine rings is 1. The highest BCUT2D eigenvalue weighted by atomic mass is 16.5. The lowest BCUT2D eigenvalue weighted by atomic mass is 9.98. The monoisotopic (exact) mass is 371 g/mol. The molecule has 0 radical (unpaired) electrons. The average Bonchev–Trinajstić information content (AvgIpc) is 3.09. The molecule has 1 aliphatic rings. The Balaban J connectivity index is 1.56. The van der Waals surface area contributed by atoms with E-state index >= 15 is 0 Å². The number of hydrogen-bond donors (Lipinski definition) is 2. The molecule has 1 aliphatic heterocycles. The van der Waals surface area contributed by atoms with Gasteiger partial charge in [-0.05, 0) is 51.4 Å². The van der Waals surface area contributed by atoms with Crippen LogP contribution >= 0.6 is 0 Å². The number of carbonyl (C=O) groups excluding carboxylic acids is 2. The molecule has 1 aromatic heterocycles. The molecule has 1 aromatic carbocycles. The maximum atomic E-state index is 12.4. The molecule has 2 N–H and O–H groups in total. The number of aromatic nitrogens is 2. The van der Waals surface area contributed by atoms with Gasteiger partial charge in [0.05, 0.1) is 12.5 Å². The van der Waals surface area contributed by atoms with E-state index in [1.165, 1.54) is 0 Å². The number of nitrogens with zero attached hydrogens (tertiary/aromatic N) is 3. The Kier molecular flexibility index (Phi) is 6.18. The van der Waals surface area contributed by atoms with E-state index in [4.69, 9.17) is 4.52 Å². The summed E-state index contributed by atoms with van der Waals surface area (Å²) in [4.78, 5) is 30.8. The Bertz CT molecular complexity index is 804. The zero-order valence-corrected chi connectivity index (χ0v) is 15.7. The zero-order valence-electron chi connectivity index (χ0n) is 15.7. The summed E-state index contributed by atoms with van der Waals surface area (Å²) in [5.74, 6) is 1.18. The van der Waals surface area contributed by atoms with Gasteiger partial charge in [0.25, 0.3) is 5.91 Å². The molecule has 8 heteroatoms. The van der Waals surface area contributed by atoms with Gasteiger partial charge in [-0.25, -0.2) is 0 Å². The number of anilines is 1. The molecule has 1 unspecified atom stereocenters. The van der Waals surface area contributed by atoms with Crippen molar-refractivity contribution in [2.45, 2.75) is 32.6 Å². The lowest BCUT2D eigenvalue weighted by Crippen LogP contribution is -2.39. The van der Waals surface area contributed by atoms with E-state index in [1.54, 1.807) is 31.2 Å². The third-order valence-corrected chi connectivity index (χ3v) is 4.51. The molecule has 1 atom stereocenters. The van der Waals surface area contributed by atoms with Crippen LogP contribution in [0.25, 0.3) is 0 Å². The Morgan fingerprint density at radius 2 is 2.22 bits per heavy atom. The van der Waals surface area contributed by atoms with Crippen molar-refractivity contribution < 1.29 is 14.1 Å². The van der Waals surface area contributed by atoms with Gasteiger partial charge in [0.2, 0.25) is 11.8 Å². The lowest BCUT2D eigenvalue weighted by Gasteiger charge is -2.30. The molecule has 0 saturated carbocycles. The Morgan fingerprint density at radius 3 is 2.96 bits per heavy atom. The fourth-order valence-corrected chi connectivity index (χ4v) is 3.28. The van der Waals surface area contributed by atoms with E-state index in [0.29, 0.717) is 36.1 Å². The molecule has 3 rings (SSSR count). The van der Waals surface area contributed by atoms with Crippen LogP contribution in [0.4, 0.5) is 5.69 Å². The highest BCUT2D eigenvalue weighted by molar-refractivity contribution is 5.97. The topological polar surface area (TPSA) is 100 Å². The number of carbonyl (C=O) groups is 2. The van der Waals surface area contributed by atoms with Gasteiger partial charge < -0.3 is 15.2 Å². The van der Waals surface area contributed by atoms with Crippen molar-refractivity contribution in [2.24, 2.45) is 0 Å². The van der Waals surface area contributed by atoms with Crippen molar-refractivity contribution in [2.75, 3.05) is 31.5 Å². The van der Waals surface area contributed by atoms with Gasteiger partial charge >= 0.3 is 0 Å². The predicted octanol–water partition coefficient (Wildman–Crippen LogP) is 1.95. The maximum absolute atomic E-state index is 12.4. The second-order valence-corrected chi connectivity index (χ2v) is 6.74. The van der Waals surface area contributed by atoms with E-state index in [9.17, 15) is 9.59 Å². The zero-order chi connectivity index (χ0) is 19.2. The summed E-state index contributed by atoms with van der Waals surface area (Å²) in [6, 6.07) is 6.95. The van der Waals surface area contributed by atoms with Crippen molar-refractivity contribution in [3.8, 4) is 0 Å². The number of amides is 2. The molecule has 2 amide bonds. The van der Waals surface area contributed by atoms with E-state index in [-0.39, 0.29) is 24.3 Å². The van der Waals surface area contributed by atoms with Crippen LogP contribution in [-0.4, -0.2) is 53.0 Å². The van der Waals surface area contributed by atoms with Gasteiger partial charge in [0.1, 0.15) is 0 Å². The Morgan fingerprint density at radius 1 is 1.37 bits per heavy atom. The van der Waals surface area contributed by atoms with Crippen LogP contribution < -0.4 is 10.6 Å². The maximum Gasteiger partial charge on any atom is 0.251 e. The summed E-state index contributed by atoms with van der Waals surface area (Å²) in [6.45, 7) is 6.09. The second kappa shape index (κ2) is 8.77. The molecule has 1 saturated heterocycles. The summed E-state index contributed by atoms with van der Waals surface area (Å²) in [7, 11) is 0. The molecule has 27 heavy (non-hydrogen) atoms. The first-order valence-electron chi connectivity index (χ1n) is 9.26. The molecule has 2 aromatic rings. The highest BCUT2D eigenvalue weighted by Crippen LogP contribution is 2.25. The minimum Gasteiger partial charge on any atom is -0.352 e. The molecule has 144 valence electrons. The van der Waals surface area contributed by atoms with E-state index in [1.807, 2.05) is 6.92 Å². The van der Waals surface area contributed by atoms with Gasteiger partial charge in [-0.3, -0.25) is 14.5 Å². The van der Waals surface area contributed by atoms with Gasteiger partial charge in [-0.15, -0.1) is 0 Å². The molecular formula is C19H25N5O3. The van der Waals surface area contributed by atoms with Crippen LogP contribution in [0.3, 0.4) is 0 Å². The predicted molar refractivity (Wildman–Crippen MR) is 101 cm³/mol. The molecule has 0 bridgehead atoms. The SMILES string of the molecule is CCNC(=O)c1cccc(NC(=O)CN2CCCC(c3nc(C)no3)C2)c1. The first kappa shape index (κ1) is 19.0. The van der Waals surface area contributed by atoms with Gasteiger partial charge in [-0.1, -0.05) is 11.2 Å². The van der Waals surface area contributed by atoms with Crippen LogP contribution in [0.15, 0.2) is 28.8 Å². The minimum atomic E-state index is -0.151. The van der Waals surface area contributed by atoms with Crippen LogP contribution in [-0.2, 0) is 4.79 Å². The van der Waals surface area contributed by atoms with Crippen molar-refractivity contribution in [3.63, 3.8) is 0 Å². The largest absolute Gasteiger partial charge is 0.352 e. The summed E-state index contributed by atoms with van der Waals surface area (Å²) < 4.78 is 5.28. The average molecular weight is 371 g/mol. The van der Waals surface area contributed by atoms with E-state index < -0.39 is 0 Å². The van der Waals surface area contributed by atoms with Crippen molar-refractivity contribution >= 4 is 17.5 Å². The number of nitrogens with one attached hydrogen (secondary N) is 2. The van der Waals surface area contributed by atoms with Crippen molar-refractivity contribution in [1.29, 1.82) is 0 Å². The molecule has 8 nitrogen and oxygen atoms in total. The molecular weight excluding hydrogens is 346 g/mol. The Hall–Kier alpha value is -2.74. The summed E-state index contributed by atoms with van der Waals surface area (Å²) in [6.07, 6.45) is 1.96. The smallest absolute Gasteiger partial charge is 0.251 e. The number of aryl methyl sites for hydroxylation is 1. The van der Waals surface area contributed by atoms with Crippen LogP contribution in [0.1, 0.15) is 47.8 Å². The third kappa shape index (κ3) is 5.13. The fraction of sp³-hybridized carbons (Fsp3) is 0.474. The number of hydrogen-bond acceptors (Lipinski definition) is 6. The van der Waals surface area contributed by atoms with Gasteiger partial charge in [-0.2, -0.15) is 4.98 Å². The summed E-state index contributed by atoms with van der Waals surface area (Å²) in [5, 5.41) is 9.48. The highest BCUT2D eigenvalue weighted by Gasteiger charge is 2.26. The summed E-state index contributed by atoms with van der Waals surface area (Å²) in [5.41, 5.74) is 1.14. The van der Waals surface area contributed by atoms with Crippen molar-refractivity contribution in [3.05, 3.63) is 41.5 Å². The quantitative estimate of drug-likeness (QED) is 0.805. The summed E-state index contributed by atoms with van der Waals surface area (Å²) >= 11 is 0. The molecule has 0 spiro atoms. The normalized spacial score (nSPS) is 17.5. The molecule has 0 aliphatic carbocycles. The first-order valence-corrected chi connectivity index (χ1v) is 9.26. The van der Waals surface area contributed by atoms with Gasteiger partial charge in [0.15, 0.2) is 5.82 Å². The van der Waals surface area contributed by atoms with Crippen LogP contribution in [0.2, 0.25) is 0 Å². The number of rotatable bonds is 6. The Labute approximate surface area is 158 Å².